The molecule has 9 heteroatoms. The van der Waals surface area contributed by atoms with Gasteiger partial charge in [-0.05, 0) is 83.5 Å². The molecule has 448 valence electrons. The highest BCUT2D eigenvalue weighted by Gasteiger charge is 2.27. The second kappa shape index (κ2) is 58.3. The molecule has 1 amide bonds. The minimum Gasteiger partial charge on any atom is -0.387 e. The monoisotopic (exact) mass is 1100 g/mol. The Kier molecular flexibility index (Phi) is 56.6. The maximum atomic E-state index is 13.0. The summed E-state index contributed by atoms with van der Waals surface area (Å²) in [5.74, 6) is -0.190. The summed E-state index contributed by atoms with van der Waals surface area (Å²) in [5, 5.41) is 14.0. The predicted molar refractivity (Wildman–Crippen MR) is 336 cm³/mol. The first kappa shape index (κ1) is 74.7. The summed E-state index contributed by atoms with van der Waals surface area (Å²) in [6.07, 6.45) is 82.9. The molecule has 0 aliphatic carbocycles. The molecule has 0 fully saturated rings. The molecular weight excluding hydrogens is 972 g/mol. The van der Waals surface area contributed by atoms with Crippen molar-refractivity contribution in [3.8, 4) is 0 Å². The number of unbranched alkanes of at least 4 members (excludes halogenated alkanes) is 34. The third-order valence-electron chi connectivity index (χ3n) is 14.3. The van der Waals surface area contributed by atoms with Gasteiger partial charge >= 0.3 is 7.82 Å². The van der Waals surface area contributed by atoms with Crippen molar-refractivity contribution < 1.29 is 32.9 Å². The van der Waals surface area contributed by atoms with Crippen molar-refractivity contribution in [1.29, 1.82) is 0 Å². The smallest absolute Gasteiger partial charge is 0.387 e. The number of aliphatic hydroxyl groups is 1. The van der Waals surface area contributed by atoms with Gasteiger partial charge in [-0.3, -0.25) is 13.8 Å². The van der Waals surface area contributed by atoms with Crippen LogP contribution in [0.2, 0.25) is 0 Å². The van der Waals surface area contributed by atoms with Crippen LogP contribution in [0.15, 0.2) is 85.1 Å². The molecule has 0 aliphatic heterocycles. The summed E-state index contributed by atoms with van der Waals surface area (Å²) in [7, 11) is 1.55. The molecule has 0 saturated carbocycles. The van der Waals surface area contributed by atoms with Crippen molar-refractivity contribution in [2.45, 2.75) is 302 Å². The molecule has 0 aromatic carbocycles. The highest BCUT2D eigenvalue weighted by molar-refractivity contribution is 7.47. The van der Waals surface area contributed by atoms with Gasteiger partial charge in [-0.25, -0.2) is 4.57 Å². The molecule has 0 aromatic heterocycles. The lowest BCUT2D eigenvalue weighted by Gasteiger charge is -2.25. The normalized spacial score (nSPS) is 14.3. The van der Waals surface area contributed by atoms with Gasteiger partial charge in [0, 0.05) is 6.42 Å². The van der Waals surface area contributed by atoms with Gasteiger partial charge in [0.15, 0.2) is 0 Å². The van der Waals surface area contributed by atoms with Gasteiger partial charge in [-0.2, -0.15) is 0 Å². The molecule has 0 heterocycles. The molecule has 0 spiro atoms. The van der Waals surface area contributed by atoms with E-state index < -0.39 is 20.0 Å². The topological polar surface area (TPSA) is 105 Å². The fourth-order valence-corrected chi connectivity index (χ4v) is 10.0. The van der Waals surface area contributed by atoms with E-state index >= 15 is 0 Å². The van der Waals surface area contributed by atoms with Crippen LogP contribution in [0.3, 0.4) is 0 Å². The second-order valence-corrected chi connectivity index (χ2v) is 24.5. The van der Waals surface area contributed by atoms with E-state index in [1.807, 2.05) is 27.2 Å². The van der Waals surface area contributed by atoms with Crippen molar-refractivity contribution >= 4 is 13.7 Å². The number of amides is 1. The second-order valence-electron chi connectivity index (χ2n) is 23.1. The maximum Gasteiger partial charge on any atom is 0.472 e. The van der Waals surface area contributed by atoms with Crippen LogP contribution in [0.1, 0.15) is 290 Å². The molecule has 0 aliphatic rings. The number of phosphoric acid groups is 1. The molecule has 3 N–H and O–H groups in total. The lowest BCUT2D eigenvalue weighted by molar-refractivity contribution is -0.870. The number of quaternary nitrogens is 1. The SMILES string of the molecule is CC/C=C\C/C=C\C/C=C\C/C=C\CCCCCCCCCCCCCCCCCCC(=O)NC(COP(=O)(O)OCC[N+](C)(C)C)C(O)/C=C/CC/C=C/CC/C=C/CCCCCCCCCCCCCCCCCC. The number of hydrogen-bond acceptors (Lipinski definition) is 5. The van der Waals surface area contributed by atoms with Crippen molar-refractivity contribution in [2.75, 3.05) is 40.9 Å². The fraction of sp³-hybridized carbons (Fsp3) is 0.779. The molecule has 0 radical (unpaired) electrons. The Balaban J connectivity index is 4.18. The third-order valence-corrected chi connectivity index (χ3v) is 15.3. The van der Waals surface area contributed by atoms with E-state index in [0.29, 0.717) is 17.4 Å². The first-order valence-corrected chi connectivity index (χ1v) is 34.0. The summed E-state index contributed by atoms with van der Waals surface area (Å²) >= 11 is 0. The van der Waals surface area contributed by atoms with E-state index in [2.05, 4.69) is 92.1 Å². The largest absolute Gasteiger partial charge is 0.472 e. The lowest BCUT2D eigenvalue weighted by Crippen LogP contribution is -2.45. The Morgan fingerprint density at radius 3 is 1.19 bits per heavy atom. The van der Waals surface area contributed by atoms with Crippen LogP contribution in [0.4, 0.5) is 0 Å². The number of rotatable bonds is 59. The minimum atomic E-state index is -4.37. The molecule has 0 saturated heterocycles. The molecule has 3 atom stereocenters. The van der Waals surface area contributed by atoms with E-state index in [9.17, 15) is 19.4 Å². The molecule has 0 aromatic rings. The predicted octanol–water partition coefficient (Wildman–Crippen LogP) is 20.4. The van der Waals surface area contributed by atoms with E-state index in [1.54, 1.807) is 6.08 Å². The summed E-state index contributed by atoms with van der Waals surface area (Å²) < 4.78 is 23.8. The molecule has 77 heavy (non-hydrogen) atoms. The summed E-state index contributed by atoms with van der Waals surface area (Å²) in [6.45, 7) is 4.70. The van der Waals surface area contributed by atoms with Crippen LogP contribution in [0, 0.1) is 0 Å². The van der Waals surface area contributed by atoms with Gasteiger partial charge in [-0.15, -0.1) is 0 Å². The van der Waals surface area contributed by atoms with E-state index in [1.165, 1.54) is 199 Å². The van der Waals surface area contributed by atoms with Gasteiger partial charge in [0.25, 0.3) is 0 Å². The van der Waals surface area contributed by atoms with Crippen LogP contribution in [0.25, 0.3) is 0 Å². The van der Waals surface area contributed by atoms with Gasteiger partial charge in [0.2, 0.25) is 5.91 Å². The quantitative estimate of drug-likeness (QED) is 0.0243. The Morgan fingerprint density at radius 2 is 0.792 bits per heavy atom. The van der Waals surface area contributed by atoms with Crippen molar-refractivity contribution in [3.63, 3.8) is 0 Å². The number of nitrogens with one attached hydrogen (secondary N) is 1. The zero-order valence-corrected chi connectivity index (χ0v) is 52.1. The summed E-state index contributed by atoms with van der Waals surface area (Å²) in [4.78, 5) is 23.4. The number of aliphatic hydroxyl groups excluding tert-OH is 1. The molecule has 0 bridgehead atoms. The number of phosphoric ester groups is 1. The third kappa shape index (κ3) is 61.2. The molecule has 3 unspecified atom stereocenters. The van der Waals surface area contributed by atoms with Crippen molar-refractivity contribution in [2.24, 2.45) is 0 Å². The Bertz CT molecular complexity index is 1530. The van der Waals surface area contributed by atoms with Crippen molar-refractivity contribution in [3.05, 3.63) is 85.1 Å². The average Bonchev–Trinajstić information content (AvgIpc) is 3.39. The Hall–Kier alpha value is -2.32. The van der Waals surface area contributed by atoms with Crippen LogP contribution >= 0.6 is 7.82 Å². The van der Waals surface area contributed by atoms with E-state index in [0.717, 1.165) is 70.6 Å². The lowest BCUT2D eigenvalue weighted by atomic mass is 10.0. The first-order valence-electron chi connectivity index (χ1n) is 32.5. The number of carbonyl (C=O) groups is 1. The number of nitrogens with zero attached hydrogens (tertiary/aromatic N) is 1. The minimum absolute atomic E-state index is 0.0513. The van der Waals surface area contributed by atoms with Crippen molar-refractivity contribution in [1.82, 2.24) is 5.32 Å². The molecular formula is C68H126N2O6P+. The van der Waals surface area contributed by atoms with Gasteiger partial charge in [-0.1, -0.05) is 285 Å². The molecule has 0 rings (SSSR count). The highest BCUT2D eigenvalue weighted by Crippen LogP contribution is 2.43. The Labute approximate surface area is 477 Å². The fourth-order valence-electron chi connectivity index (χ4n) is 9.30. The number of carbonyl (C=O) groups excluding carboxylic acids is 1. The standard InChI is InChI=1S/C68H125N2O6P/c1-6-8-10-12-14-16-18-20-22-24-26-28-30-32-34-35-36-38-40-42-44-46-48-50-52-54-56-58-60-62-68(72)69-66(65-76-77(73,74)75-64-63-70(3,4)5)67(71)61-59-57-55-53-51-49-47-45-43-41-39-37-33-31-29-27-25-23-21-19-17-15-13-11-9-7-2/h8,10,14,16,20,22,26,28,43,45,51,53,59,61,66-67,71H,6-7,9,11-13,15,17-19,21,23-25,27,29-42,44,46-50,52,54-58,60,62-65H2,1-5H3,(H-,69,72,73,74)/p+1/b10-8-,16-14-,22-20-,28-26-,45-43+,53-51+,61-59+. The number of likely N-dealkylation sites (N-methyl/N-ethyl adjacent to an activating group) is 1. The van der Waals surface area contributed by atoms with E-state index in [4.69, 9.17) is 9.05 Å². The van der Waals surface area contributed by atoms with Gasteiger partial charge in [0.05, 0.1) is 39.9 Å². The maximum absolute atomic E-state index is 13.0. The van der Waals surface area contributed by atoms with Crippen LogP contribution in [-0.2, 0) is 18.4 Å². The Morgan fingerprint density at radius 1 is 0.455 bits per heavy atom. The number of hydrogen-bond donors (Lipinski definition) is 3. The highest BCUT2D eigenvalue weighted by atomic mass is 31.2. The zero-order valence-electron chi connectivity index (χ0n) is 51.2. The first-order chi connectivity index (χ1) is 37.5. The van der Waals surface area contributed by atoms with Gasteiger partial charge in [0.1, 0.15) is 13.2 Å². The van der Waals surface area contributed by atoms with E-state index in [-0.39, 0.29) is 19.1 Å². The van der Waals surface area contributed by atoms with Gasteiger partial charge < -0.3 is 19.8 Å². The summed E-state index contributed by atoms with van der Waals surface area (Å²) in [6, 6.07) is -0.875. The van der Waals surface area contributed by atoms with Crippen LogP contribution < -0.4 is 5.32 Å². The van der Waals surface area contributed by atoms with Crippen LogP contribution in [-0.4, -0.2) is 73.4 Å². The average molecular weight is 1100 g/mol. The molecule has 8 nitrogen and oxygen atoms in total. The zero-order chi connectivity index (χ0) is 56.3. The number of allylic oxidation sites excluding steroid dienone is 13. The van der Waals surface area contributed by atoms with Crippen LogP contribution in [0.5, 0.6) is 0 Å². The summed E-state index contributed by atoms with van der Waals surface area (Å²) in [5.41, 5.74) is 0.